The van der Waals surface area contributed by atoms with Crippen LogP contribution in [0.25, 0.3) is 11.3 Å². The van der Waals surface area contributed by atoms with Crippen LogP contribution in [0.15, 0.2) is 24.5 Å². The van der Waals surface area contributed by atoms with Crippen LogP contribution in [0.4, 0.5) is 8.78 Å². The molecule has 0 aliphatic rings. The van der Waals surface area contributed by atoms with E-state index in [-0.39, 0.29) is 21.4 Å². The third-order valence-corrected chi connectivity index (χ3v) is 2.32. The van der Waals surface area contributed by atoms with Crippen molar-refractivity contribution in [2.45, 2.75) is 0 Å². The van der Waals surface area contributed by atoms with Crippen molar-refractivity contribution in [3.63, 3.8) is 0 Å². The smallest absolute Gasteiger partial charge is 0.137 e. The van der Waals surface area contributed by atoms with Crippen molar-refractivity contribution in [2.24, 2.45) is 0 Å². The quantitative estimate of drug-likeness (QED) is 0.731. The Morgan fingerprint density at radius 1 is 0.938 bits per heavy atom. The molecule has 2 rings (SSSR count). The molecule has 6 heteroatoms. The zero-order chi connectivity index (χ0) is 11.7. The van der Waals surface area contributed by atoms with Crippen molar-refractivity contribution >= 4 is 23.2 Å². The largest absolute Gasteiger partial charge is 0.236 e. The van der Waals surface area contributed by atoms with Gasteiger partial charge < -0.3 is 0 Å². The summed E-state index contributed by atoms with van der Waals surface area (Å²) in [6.45, 7) is 0. The molecule has 0 radical (unpaired) electrons. The van der Waals surface area contributed by atoms with Gasteiger partial charge in [-0.05, 0) is 12.1 Å². The number of aromatic nitrogens is 2. The minimum absolute atomic E-state index is 0.0149. The average Bonchev–Trinajstić information content (AvgIpc) is 2.15. The van der Waals surface area contributed by atoms with Crippen LogP contribution in [0.1, 0.15) is 0 Å². The van der Waals surface area contributed by atoms with Crippen molar-refractivity contribution in [3.05, 3.63) is 46.3 Å². The molecule has 2 aromatic rings. The van der Waals surface area contributed by atoms with E-state index in [4.69, 9.17) is 23.2 Å². The van der Waals surface area contributed by atoms with Crippen LogP contribution < -0.4 is 0 Å². The Kier molecular flexibility index (Phi) is 3.03. The number of benzene rings is 1. The standard InChI is InChI=1S/C10H4Cl2F2N2/c11-5-1-6(13)10(7(14)2-5)8-3-9(12)16-4-15-8/h1-4H. The molecule has 16 heavy (non-hydrogen) atoms. The van der Waals surface area contributed by atoms with Gasteiger partial charge in [0.25, 0.3) is 0 Å². The molecule has 0 saturated carbocycles. The maximum atomic E-state index is 13.5. The van der Waals surface area contributed by atoms with E-state index in [1.54, 1.807) is 0 Å². The number of hydrogen-bond acceptors (Lipinski definition) is 2. The second kappa shape index (κ2) is 4.31. The monoisotopic (exact) mass is 260 g/mol. The summed E-state index contributed by atoms with van der Waals surface area (Å²) in [5.41, 5.74) is -0.194. The molecule has 0 fully saturated rings. The predicted molar refractivity (Wildman–Crippen MR) is 57.4 cm³/mol. The Bertz CT molecular complexity index is 523. The van der Waals surface area contributed by atoms with Gasteiger partial charge in [0.2, 0.25) is 0 Å². The van der Waals surface area contributed by atoms with E-state index in [2.05, 4.69) is 9.97 Å². The number of rotatable bonds is 1. The first kappa shape index (κ1) is 11.2. The van der Waals surface area contributed by atoms with Gasteiger partial charge in [-0.3, -0.25) is 0 Å². The maximum Gasteiger partial charge on any atom is 0.137 e. The molecule has 0 aliphatic heterocycles. The van der Waals surface area contributed by atoms with Gasteiger partial charge in [-0.15, -0.1) is 0 Å². The van der Waals surface area contributed by atoms with Gasteiger partial charge in [0.15, 0.2) is 0 Å². The van der Waals surface area contributed by atoms with E-state index < -0.39 is 11.6 Å². The fourth-order valence-electron chi connectivity index (χ4n) is 1.26. The van der Waals surface area contributed by atoms with Crippen molar-refractivity contribution in [1.82, 2.24) is 9.97 Å². The maximum absolute atomic E-state index is 13.5. The summed E-state index contributed by atoms with van der Waals surface area (Å²) in [6, 6.07) is 3.29. The topological polar surface area (TPSA) is 25.8 Å². The highest BCUT2D eigenvalue weighted by Gasteiger charge is 2.14. The van der Waals surface area contributed by atoms with Crippen LogP contribution in [0.3, 0.4) is 0 Å². The highest BCUT2D eigenvalue weighted by atomic mass is 35.5. The third-order valence-electron chi connectivity index (χ3n) is 1.90. The molecule has 2 nitrogen and oxygen atoms in total. The summed E-state index contributed by atoms with van der Waals surface area (Å²) in [5, 5.41) is 0.0950. The first-order valence-corrected chi connectivity index (χ1v) is 4.96. The van der Waals surface area contributed by atoms with Crippen LogP contribution in [0.2, 0.25) is 10.2 Å². The van der Waals surface area contributed by atoms with Crippen molar-refractivity contribution in [1.29, 1.82) is 0 Å². The molecule has 0 N–H and O–H groups in total. The highest BCUT2D eigenvalue weighted by Crippen LogP contribution is 2.28. The molecule has 0 unspecified atom stereocenters. The first-order chi connectivity index (χ1) is 7.58. The Hall–Kier alpha value is -1.26. The lowest BCUT2D eigenvalue weighted by Gasteiger charge is -2.04. The summed E-state index contributed by atoms with van der Waals surface area (Å²) in [5.74, 6) is -1.58. The molecular formula is C10H4Cl2F2N2. The molecule has 0 saturated heterocycles. The number of halogens is 4. The average molecular weight is 261 g/mol. The Morgan fingerprint density at radius 3 is 2.12 bits per heavy atom. The van der Waals surface area contributed by atoms with E-state index in [0.29, 0.717) is 0 Å². The van der Waals surface area contributed by atoms with Crippen LogP contribution in [0, 0.1) is 11.6 Å². The molecule has 1 aromatic carbocycles. The van der Waals surface area contributed by atoms with Crippen LogP contribution in [0.5, 0.6) is 0 Å². The molecule has 0 bridgehead atoms. The minimum Gasteiger partial charge on any atom is -0.236 e. The van der Waals surface area contributed by atoms with E-state index >= 15 is 0 Å². The second-order valence-electron chi connectivity index (χ2n) is 2.97. The molecule has 0 aliphatic carbocycles. The summed E-state index contributed by atoms with van der Waals surface area (Å²) in [6.07, 6.45) is 1.13. The molecule has 1 heterocycles. The predicted octanol–water partition coefficient (Wildman–Crippen LogP) is 3.73. The van der Waals surface area contributed by atoms with Gasteiger partial charge in [-0.25, -0.2) is 18.7 Å². The second-order valence-corrected chi connectivity index (χ2v) is 3.79. The summed E-state index contributed by atoms with van der Waals surface area (Å²) >= 11 is 11.1. The third kappa shape index (κ3) is 2.13. The lowest BCUT2D eigenvalue weighted by atomic mass is 10.1. The van der Waals surface area contributed by atoms with E-state index in [1.807, 2.05) is 0 Å². The van der Waals surface area contributed by atoms with Crippen LogP contribution in [-0.4, -0.2) is 9.97 Å². The van der Waals surface area contributed by atoms with Gasteiger partial charge in [0.05, 0.1) is 11.3 Å². The van der Waals surface area contributed by atoms with Crippen molar-refractivity contribution in [3.8, 4) is 11.3 Å². The SMILES string of the molecule is Fc1cc(Cl)cc(F)c1-c1cc(Cl)ncn1. The summed E-state index contributed by atoms with van der Waals surface area (Å²) < 4.78 is 27.0. The van der Waals surface area contributed by atoms with E-state index in [1.165, 1.54) is 6.07 Å². The molecule has 82 valence electrons. The van der Waals surface area contributed by atoms with E-state index in [9.17, 15) is 8.78 Å². The number of hydrogen-bond donors (Lipinski definition) is 0. The molecule has 1 aromatic heterocycles. The van der Waals surface area contributed by atoms with Gasteiger partial charge in [-0.2, -0.15) is 0 Å². The van der Waals surface area contributed by atoms with Crippen molar-refractivity contribution < 1.29 is 8.78 Å². The Balaban J connectivity index is 2.64. The lowest BCUT2D eigenvalue weighted by molar-refractivity contribution is 0.588. The summed E-state index contributed by atoms with van der Waals surface area (Å²) in [7, 11) is 0. The molecule has 0 spiro atoms. The normalized spacial score (nSPS) is 10.5. The molecule has 0 amide bonds. The van der Waals surface area contributed by atoms with Crippen LogP contribution >= 0.6 is 23.2 Å². The first-order valence-electron chi connectivity index (χ1n) is 4.20. The number of nitrogens with zero attached hydrogens (tertiary/aromatic N) is 2. The Morgan fingerprint density at radius 2 is 1.56 bits per heavy atom. The van der Waals surface area contributed by atoms with Gasteiger partial charge in [0.1, 0.15) is 23.1 Å². The Labute approximate surface area is 99.9 Å². The minimum atomic E-state index is -0.792. The fourth-order valence-corrected chi connectivity index (χ4v) is 1.60. The zero-order valence-corrected chi connectivity index (χ0v) is 9.23. The zero-order valence-electron chi connectivity index (χ0n) is 7.72. The molecular weight excluding hydrogens is 257 g/mol. The highest BCUT2D eigenvalue weighted by molar-refractivity contribution is 6.30. The van der Waals surface area contributed by atoms with Gasteiger partial charge in [0, 0.05) is 11.1 Å². The van der Waals surface area contributed by atoms with E-state index in [0.717, 1.165) is 18.5 Å². The van der Waals surface area contributed by atoms with Gasteiger partial charge in [-0.1, -0.05) is 23.2 Å². The molecule has 0 atom stereocenters. The van der Waals surface area contributed by atoms with Gasteiger partial charge >= 0.3 is 0 Å². The van der Waals surface area contributed by atoms with Crippen molar-refractivity contribution in [2.75, 3.05) is 0 Å². The van der Waals surface area contributed by atoms with Crippen LogP contribution in [-0.2, 0) is 0 Å². The summed E-state index contributed by atoms with van der Waals surface area (Å²) in [4.78, 5) is 7.37. The fraction of sp³-hybridized carbons (Fsp3) is 0. The lowest BCUT2D eigenvalue weighted by Crippen LogP contribution is -1.93.